The van der Waals surface area contributed by atoms with E-state index in [9.17, 15) is 14.7 Å². The van der Waals surface area contributed by atoms with E-state index in [-0.39, 0.29) is 24.5 Å². The van der Waals surface area contributed by atoms with Crippen LogP contribution >= 0.6 is 0 Å². The third-order valence-corrected chi connectivity index (χ3v) is 6.12. The van der Waals surface area contributed by atoms with Gasteiger partial charge in [0.25, 0.3) is 11.8 Å². The standard InChI is InChI=1S/C24H31N3O4/c1-2-20(18-6-4-3-5-7-18)25-23(29)19-14-21(27-11-13-31-16-22(19)27)24(30)26(10-12-28)15-17-8-9-17/h3-7,14,17,20,28H,2,8-13,15-16H2,1H3,(H,25,29). The van der Waals surface area contributed by atoms with Crippen molar-refractivity contribution in [3.63, 3.8) is 0 Å². The summed E-state index contributed by atoms with van der Waals surface area (Å²) in [6.07, 6.45) is 3.02. The summed E-state index contributed by atoms with van der Waals surface area (Å²) in [5, 5.41) is 12.6. The lowest BCUT2D eigenvalue weighted by molar-refractivity contribution is 0.0658. The van der Waals surface area contributed by atoms with Crippen molar-refractivity contribution in [2.24, 2.45) is 5.92 Å². The summed E-state index contributed by atoms with van der Waals surface area (Å²) in [7, 11) is 0. The number of nitrogens with zero attached hydrogens (tertiary/aromatic N) is 2. The van der Waals surface area contributed by atoms with Crippen LogP contribution in [0.25, 0.3) is 0 Å². The molecule has 7 heteroatoms. The maximum atomic E-state index is 13.3. The van der Waals surface area contributed by atoms with E-state index in [0.717, 1.165) is 30.5 Å². The predicted octanol–water partition coefficient (Wildman–Crippen LogP) is 2.74. The second kappa shape index (κ2) is 9.66. The summed E-state index contributed by atoms with van der Waals surface area (Å²) >= 11 is 0. The monoisotopic (exact) mass is 425 g/mol. The molecule has 2 aromatic rings. The molecule has 2 N–H and O–H groups in total. The van der Waals surface area contributed by atoms with Crippen molar-refractivity contribution in [3.05, 3.63) is 58.9 Å². The molecule has 1 fully saturated rings. The van der Waals surface area contributed by atoms with Gasteiger partial charge < -0.3 is 24.6 Å². The number of hydrogen-bond donors (Lipinski definition) is 2. The summed E-state index contributed by atoms with van der Waals surface area (Å²) in [6.45, 7) is 4.28. The minimum Gasteiger partial charge on any atom is -0.395 e. The fraction of sp³-hybridized carbons (Fsp3) is 0.500. The summed E-state index contributed by atoms with van der Waals surface area (Å²) < 4.78 is 7.53. The van der Waals surface area contributed by atoms with E-state index >= 15 is 0 Å². The Kier molecular flexibility index (Phi) is 6.73. The minimum atomic E-state index is -0.195. The summed E-state index contributed by atoms with van der Waals surface area (Å²) in [5.41, 5.74) is 2.79. The van der Waals surface area contributed by atoms with Crippen molar-refractivity contribution in [1.29, 1.82) is 0 Å². The van der Waals surface area contributed by atoms with E-state index < -0.39 is 0 Å². The van der Waals surface area contributed by atoms with Gasteiger partial charge in [-0.3, -0.25) is 9.59 Å². The fourth-order valence-corrected chi connectivity index (χ4v) is 4.21. The number of carbonyl (C=O) groups is 2. The topological polar surface area (TPSA) is 83.8 Å². The fourth-order valence-electron chi connectivity index (χ4n) is 4.21. The zero-order chi connectivity index (χ0) is 21.8. The van der Waals surface area contributed by atoms with Crippen LogP contribution in [0.15, 0.2) is 36.4 Å². The highest BCUT2D eigenvalue weighted by atomic mass is 16.5. The lowest BCUT2D eigenvalue weighted by Crippen LogP contribution is -2.37. The molecule has 4 rings (SSSR count). The number of benzene rings is 1. The van der Waals surface area contributed by atoms with Crippen molar-refractivity contribution in [1.82, 2.24) is 14.8 Å². The molecule has 31 heavy (non-hydrogen) atoms. The van der Waals surface area contributed by atoms with Gasteiger partial charge in [-0.15, -0.1) is 0 Å². The molecule has 1 saturated carbocycles. The van der Waals surface area contributed by atoms with Crippen molar-refractivity contribution in [2.75, 3.05) is 26.3 Å². The first-order chi connectivity index (χ1) is 15.1. The Morgan fingerprint density at radius 3 is 2.74 bits per heavy atom. The van der Waals surface area contributed by atoms with Crippen molar-refractivity contribution in [3.8, 4) is 0 Å². The highest BCUT2D eigenvalue weighted by molar-refractivity contribution is 6.01. The number of hydrogen-bond acceptors (Lipinski definition) is 4. The van der Waals surface area contributed by atoms with Gasteiger partial charge >= 0.3 is 0 Å². The number of aromatic nitrogens is 1. The van der Waals surface area contributed by atoms with Crippen molar-refractivity contribution >= 4 is 11.8 Å². The quantitative estimate of drug-likeness (QED) is 0.647. The van der Waals surface area contributed by atoms with Gasteiger partial charge in [-0.1, -0.05) is 37.3 Å². The molecular formula is C24H31N3O4. The van der Waals surface area contributed by atoms with Crippen molar-refractivity contribution in [2.45, 2.75) is 45.4 Å². The Labute approximate surface area is 183 Å². The molecule has 2 amide bonds. The molecule has 0 radical (unpaired) electrons. The third kappa shape index (κ3) is 4.83. The second-order valence-electron chi connectivity index (χ2n) is 8.36. The number of aliphatic hydroxyl groups is 1. The molecule has 0 spiro atoms. The van der Waals surface area contributed by atoms with Gasteiger partial charge in [-0.05, 0) is 36.8 Å². The molecular weight excluding hydrogens is 394 g/mol. The zero-order valence-corrected chi connectivity index (χ0v) is 18.0. The number of fused-ring (bicyclic) bond motifs is 1. The van der Waals surface area contributed by atoms with Crippen LogP contribution in [0.5, 0.6) is 0 Å². The predicted molar refractivity (Wildman–Crippen MR) is 117 cm³/mol. The Balaban J connectivity index is 1.60. The van der Waals surface area contributed by atoms with Gasteiger partial charge in [0, 0.05) is 19.6 Å². The first-order valence-corrected chi connectivity index (χ1v) is 11.2. The molecule has 1 aliphatic carbocycles. The maximum Gasteiger partial charge on any atom is 0.270 e. The smallest absolute Gasteiger partial charge is 0.270 e. The van der Waals surface area contributed by atoms with Crippen LogP contribution < -0.4 is 5.32 Å². The number of nitrogens with one attached hydrogen (secondary N) is 1. The highest BCUT2D eigenvalue weighted by Gasteiger charge is 2.31. The SMILES string of the molecule is CCC(NC(=O)c1cc(C(=O)N(CCO)CC2CC2)n2c1COCC2)c1ccccc1. The van der Waals surface area contributed by atoms with Crippen LogP contribution in [0.2, 0.25) is 0 Å². The average Bonchev–Trinajstić information content (AvgIpc) is 3.54. The van der Waals surface area contributed by atoms with Crippen LogP contribution in [-0.2, 0) is 17.9 Å². The molecule has 0 saturated heterocycles. The number of aliphatic hydroxyl groups excluding tert-OH is 1. The van der Waals surface area contributed by atoms with Gasteiger partial charge in [-0.25, -0.2) is 0 Å². The molecule has 0 bridgehead atoms. The lowest BCUT2D eigenvalue weighted by atomic mass is 10.0. The number of rotatable bonds is 9. The van der Waals surface area contributed by atoms with E-state index in [1.165, 1.54) is 0 Å². The summed E-state index contributed by atoms with van der Waals surface area (Å²) in [5.74, 6) is 0.201. The normalized spacial score (nSPS) is 16.5. The molecule has 2 aliphatic rings. The Morgan fingerprint density at radius 1 is 1.29 bits per heavy atom. The third-order valence-electron chi connectivity index (χ3n) is 6.12. The molecule has 1 unspecified atom stereocenters. The summed E-state index contributed by atoms with van der Waals surface area (Å²) in [4.78, 5) is 28.3. The highest BCUT2D eigenvalue weighted by Crippen LogP contribution is 2.31. The largest absolute Gasteiger partial charge is 0.395 e. The summed E-state index contributed by atoms with van der Waals surface area (Å²) in [6, 6.07) is 11.5. The van der Waals surface area contributed by atoms with Crippen molar-refractivity contribution < 1.29 is 19.4 Å². The Morgan fingerprint density at radius 2 is 2.06 bits per heavy atom. The molecule has 7 nitrogen and oxygen atoms in total. The first kappa shape index (κ1) is 21.6. The van der Waals surface area contributed by atoms with Gasteiger partial charge in [0.05, 0.1) is 37.1 Å². The van der Waals surface area contributed by atoms with Crippen LogP contribution in [0.1, 0.15) is 64.3 Å². The van der Waals surface area contributed by atoms with Gasteiger partial charge in [0.1, 0.15) is 5.69 Å². The molecule has 1 aliphatic heterocycles. The minimum absolute atomic E-state index is 0.0717. The second-order valence-corrected chi connectivity index (χ2v) is 8.36. The van der Waals surface area contributed by atoms with E-state index in [4.69, 9.17) is 4.74 Å². The Bertz CT molecular complexity index is 920. The van der Waals surface area contributed by atoms with Gasteiger partial charge in [0.15, 0.2) is 0 Å². The zero-order valence-electron chi connectivity index (χ0n) is 18.0. The van der Waals surface area contributed by atoms with E-state index in [1.54, 1.807) is 11.0 Å². The van der Waals surface area contributed by atoms with E-state index in [2.05, 4.69) is 5.32 Å². The molecule has 1 atom stereocenters. The van der Waals surface area contributed by atoms with Gasteiger partial charge in [-0.2, -0.15) is 0 Å². The number of carbonyl (C=O) groups excluding carboxylic acids is 2. The number of ether oxygens (including phenoxy) is 1. The van der Waals surface area contributed by atoms with Crippen LogP contribution in [-0.4, -0.2) is 52.7 Å². The molecule has 1 aromatic heterocycles. The van der Waals surface area contributed by atoms with E-state index in [1.807, 2.05) is 41.8 Å². The van der Waals surface area contributed by atoms with Crippen LogP contribution in [0.4, 0.5) is 0 Å². The van der Waals surface area contributed by atoms with Crippen LogP contribution in [0.3, 0.4) is 0 Å². The maximum absolute atomic E-state index is 13.3. The Hall–Kier alpha value is -2.64. The van der Waals surface area contributed by atoms with Gasteiger partial charge in [0.2, 0.25) is 0 Å². The number of amides is 2. The first-order valence-electron chi connectivity index (χ1n) is 11.2. The molecule has 2 heterocycles. The molecule has 166 valence electrons. The van der Waals surface area contributed by atoms with Crippen LogP contribution in [0, 0.1) is 5.92 Å². The average molecular weight is 426 g/mol. The lowest BCUT2D eigenvalue weighted by Gasteiger charge is -2.24. The molecule has 1 aromatic carbocycles. The van der Waals surface area contributed by atoms with E-state index in [0.29, 0.717) is 50.0 Å².